The lowest BCUT2D eigenvalue weighted by Gasteiger charge is -2.09. The first kappa shape index (κ1) is 16.0. The highest BCUT2D eigenvalue weighted by molar-refractivity contribution is 5.29. The molecule has 0 heterocycles. The maximum atomic E-state index is 9.50. The highest BCUT2D eigenvalue weighted by Crippen LogP contribution is 2.19. The summed E-state index contributed by atoms with van der Waals surface area (Å²) >= 11 is 0. The summed E-state index contributed by atoms with van der Waals surface area (Å²) in [7, 11) is 0. The molecular weight excluding hydrogens is 236 g/mol. The van der Waals surface area contributed by atoms with Gasteiger partial charge in [0.15, 0.2) is 0 Å². The highest BCUT2D eigenvalue weighted by atomic mass is 16.5. The summed E-state index contributed by atoms with van der Waals surface area (Å²) in [5, 5.41) is 9.50. The number of unbranched alkanes of at least 4 members (excludes halogenated alkanes) is 6. The van der Waals surface area contributed by atoms with E-state index < -0.39 is 6.10 Å². The molecule has 0 aromatic heterocycles. The summed E-state index contributed by atoms with van der Waals surface area (Å²) in [4.78, 5) is 0. The van der Waals surface area contributed by atoms with Crippen LogP contribution in [0.5, 0.6) is 5.75 Å². The average molecular weight is 264 g/mol. The molecule has 108 valence electrons. The molecule has 2 heteroatoms. The number of aliphatic hydroxyl groups excluding tert-OH is 1. The van der Waals surface area contributed by atoms with Crippen LogP contribution >= 0.6 is 0 Å². The van der Waals surface area contributed by atoms with Crippen molar-refractivity contribution in [2.75, 3.05) is 6.61 Å². The van der Waals surface area contributed by atoms with E-state index in [0.717, 1.165) is 24.3 Å². The van der Waals surface area contributed by atoms with Gasteiger partial charge in [-0.25, -0.2) is 0 Å². The van der Waals surface area contributed by atoms with E-state index in [9.17, 15) is 5.11 Å². The molecule has 0 saturated carbocycles. The van der Waals surface area contributed by atoms with Gasteiger partial charge in [-0.05, 0) is 31.0 Å². The molecule has 0 fully saturated rings. The van der Waals surface area contributed by atoms with Crippen LogP contribution in [0.2, 0.25) is 0 Å². The summed E-state index contributed by atoms with van der Waals surface area (Å²) in [6.07, 6.45) is 8.65. The van der Waals surface area contributed by atoms with Crippen molar-refractivity contribution in [3.8, 4) is 5.75 Å². The Balaban J connectivity index is 2.10. The maximum absolute atomic E-state index is 9.50. The molecule has 0 saturated heterocycles. The van der Waals surface area contributed by atoms with E-state index in [1.807, 2.05) is 24.3 Å². The smallest absolute Gasteiger partial charge is 0.119 e. The Kier molecular flexibility index (Phi) is 8.31. The number of benzene rings is 1. The third-order valence-electron chi connectivity index (χ3n) is 3.36. The van der Waals surface area contributed by atoms with E-state index in [1.54, 1.807) is 6.92 Å². The molecular formula is C17H28O2. The molecule has 0 bridgehead atoms. The van der Waals surface area contributed by atoms with Crippen molar-refractivity contribution >= 4 is 0 Å². The van der Waals surface area contributed by atoms with E-state index in [-0.39, 0.29) is 0 Å². The van der Waals surface area contributed by atoms with Crippen molar-refractivity contribution in [3.05, 3.63) is 29.8 Å². The summed E-state index contributed by atoms with van der Waals surface area (Å²) < 4.78 is 5.71. The van der Waals surface area contributed by atoms with E-state index in [1.165, 1.54) is 38.5 Å². The number of ether oxygens (including phenoxy) is 1. The first-order valence-corrected chi connectivity index (χ1v) is 7.65. The summed E-state index contributed by atoms with van der Waals surface area (Å²) in [5.41, 5.74) is 0.914. The van der Waals surface area contributed by atoms with Crippen molar-refractivity contribution in [2.45, 2.75) is 64.9 Å². The van der Waals surface area contributed by atoms with Crippen LogP contribution in [0, 0.1) is 0 Å². The molecule has 1 atom stereocenters. The second kappa shape index (κ2) is 9.85. The fourth-order valence-corrected chi connectivity index (χ4v) is 2.11. The Hall–Kier alpha value is -1.02. The first-order valence-electron chi connectivity index (χ1n) is 7.65. The van der Waals surface area contributed by atoms with E-state index in [4.69, 9.17) is 4.74 Å². The van der Waals surface area contributed by atoms with Crippen LogP contribution in [0.1, 0.15) is 70.5 Å². The minimum absolute atomic E-state index is 0.429. The molecule has 0 aliphatic heterocycles. The minimum Gasteiger partial charge on any atom is -0.494 e. The third-order valence-corrected chi connectivity index (χ3v) is 3.36. The third kappa shape index (κ3) is 7.22. The number of hydrogen-bond donors (Lipinski definition) is 1. The zero-order valence-corrected chi connectivity index (χ0v) is 12.4. The van der Waals surface area contributed by atoms with Crippen LogP contribution in [0.4, 0.5) is 0 Å². The van der Waals surface area contributed by atoms with Crippen molar-refractivity contribution in [1.29, 1.82) is 0 Å². The molecule has 1 aromatic rings. The number of aliphatic hydroxyl groups is 1. The molecule has 0 aliphatic carbocycles. The van der Waals surface area contributed by atoms with Crippen molar-refractivity contribution in [2.24, 2.45) is 0 Å². The summed E-state index contributed by atoms with van der Waals surface area (Å²) in [6, 6.07) is 7.73. The fourth-order valence-electron chi connectivity index (χ4n) is 2.11. The lowest BCUT2D eigenvalue weighted by atomic mass is 10.1. The largest absolute Gasteiger partial charge is 0.494 e. The zero-order valence-electron chi connectivity index (χ0n) is 12.4. The Bertz CT molecular complexity index is 334. The molecule has 0 spiro atoms. The van der Waals surface area contributed by atoms with Crippen molar-refractivity contribution in [3.63, 3.8) is 0 Å². The van der Waals surface area contributed by atoms with Gasteiger partial charge in [0.05, 0.1) is 12.7 Å². The maximum Gasteiger partial charge on any atom is 0.119 e. The topological polar surface area (TPSA) is 29.5 Å². The number of hydrogen-bond acceptors (Lipinski definition) is 2. The van der Waals surface area contributed by atoms with E-state index in [2.05, 4.69) is 6.92 Å². The van der Waals surface area contributed by atoms with Gasteiger partial charge in [-0.3, -0.25) is 0 Å². The van der Waals surface area contributed by atoms with Gasteiger partial charge >= 0.3 is 0 Å². The van der Waals surface area contributed by atoms with Gasteiger partial charge < -0.3 is 9.84 Å². The molecule has 1 N–H and O–H groups in total. The molecule has 0 amide bonds. The Morgan fingerprint density at radius 2 is 1.74 bits per heavy atom. The Morgan fingerprint density at radius 3 is 2.42 bits per heavy atom. The molecule has 1 aromatic carbocycles. The van der Waals surface area contributed by atoms with Crippen LogP contribution in [-0.2, 0) is 0 Å². The number of rotatable bonds is 10. The SMILES string of the molecule is CCCCCCCCCOc1cccc([C@H](C)O)c1. The predicted molar refractivity (Wildman–Crippen MR) is 80.6 cm³/mol. The highest BCUT2D eigenvalue weighted by Gasteiger charge is 2.02. The van der Waals surface area contributed by atoms with Crippen LogP contribution in [0.25, 0.3) is 0 Å². The monoisotopic (exact) mass is 264 g/mol. The first-order chi connectivity index (χ1) is 9.24. The quantitative estimate of drug-likeness (QED) is 0.611. The Labute approximate surface area is 117 Å². The van der Waals surface area contributed by atoms with Crippen LogP contribution in [0.15, 0.2) is 24.3 Å². The predicted octanol–water partition coefficient (Wildman–Crippen LogP) is 4.87. The molecule has 0 unspecified atom stereocenters. The lowest BCUT2D eigenvalue weighted by molar-refractivity contribution is 0.198. The van der Waals surface area contributed by atoms with Gasteiger partial charge in [-0.2, -0.15) is 0 Å². The molecule has 19 heavy (non-hydrogen) atoms. The van der Waals surface area contributed by atoms with Gasteiger partial charge in [0.25, 0.3) is 0 Å². The minimum atomic E-state index is -0.429. The van der Waals surface area contributed by atoms with Gasteiger partial charge in [0, 0.05) is 0 Å². The summed E-state index contributed by atoms with van der Waals surface area (Å²) in [5.74, 6) is 0.865. The standard InChI is InChI=1S/C17H28O2/c1-3-4-5-6-7-8-9-13-19-17-12-10-11-16(14-17)15(2)18/h10-12,14-15,18H,3-9,13H2,1-2H3/t15-/m0/s1. The summed E-state index contributed by atoms with van der Waals surface area (Å²) in [6.45, 7) is 4.79. The second-order valence-electron chi connectivity index (χ2n) is 5.22. The fraction of sp³-hybridized carbons (Fsp3) is 0.647. The molecule has 0 aliphatic rings. The average Bonchev–Trinajstić information content (AvgIpc) is 2.42. The second-order valence-corrected chi connectivity index (χ2v) is 5.22. The van der Waals surface area contributed by atoms with Crippen LogP contribution in [-0.4, -0.2) is 11.7 Å². The molecule has 1 rings (SSSR count). The van der Waals surface area contributed by atoms with Crippen molar-refractivity contribution in [1.82, 2.24) is 0 Å². The lowest BCUT2D eigenvalue weighted by Crippen LogP contribution is -1.98. The Morgan fingerprint density at radius 1 is 1.05 bits per heavy atom. The van der Waals surface area contributed by atoms with Gasteiger partial charge in [-0.15, -0.1) is 0 Å². The van der Waals surface area contributed by atoms with Gasteiger partial charge in [-0.1, -0.05) is 57.6 Å². The van der Waals surface area contributed by atoms with Gasteiger partial charge in [0.1, 0.15) is 5.75 Å². The molecule has 0 radical (unpaired) electrons. The molecule has 2 nitrogen and oxygen atoms in total. The van der Waals surface area contributed by atoms with E-state index >= 15 is 0 Å². The normalized spacial score (nSPS) is 12.4. The van der Waals surface area contributed by atoms with Crippen molar-refractivity contribution < 1.29 is 9.84 Å². The van der Waals surface area contributed by atoms with Crippen LogP contribution < -0.4 is 4.74 Å². The van der Waals surface area contributed by atoms with E-state index in [0.29, 0.717) is 0 Å². The van der Waals surface area contributed by atoms with Gasteiger partial charge in [0.2, 0.25) is 0 Å². The zero-order chi connectivity index (χ0) is 13.9. The van der Waals surface area contributed by atoms with Crippen LogP contribution in [0.3, 0.4) is 0 Å².